The van der Waals surface area contributed by atoms with Crippen LogP contribution in [0, 0.1) is 11.7 Å². The molecule has 3 atom stereocenters. The Morgan fingerprint density at radius 2 is 1.81 bits per heavy atom. The van der Waals surface area contributed by atoms with Gasteiger partial charge in [-0.05, 0) is 67.1 Å². The first-order valence-corrected chi connectivity index (χ1v) is 10.6. The first-order chi connectivity index (χ1) is 12.3. The number of hydrogen-bond donors (Lipinski definition) is 2. The first-order valence-electron chi connectivity index (χ1n) is 8.93. The van der Waals surface area contributed by atoms with Crippen molar-refractivity contribution in [1.29, 1.82) is 0 Å². The van der Waals surface area contributed by atoms with Gasteiger partial charge in [-0.2, -0.15) is 0 Å². The smallest absolute Gasteiger partial charge is 0.123 e. The molecule has 142 valence electrons. The molecule has 0 radical (unpaired) electrons. The zero-order chi connectivity index (χ0) is 19.1. The molecule has 0 spiro atoms. The standard InChI is InChI=1S/C21H27BrFNOS/c1-14(2)10-19(26-18-8-6-17(23)7-9-18)13-21(25)20(24)12-15-4-3-5-16(22)11-15/h3-9,11,14,19-21,25H,10,12-13,24H2,1-2H3/t19-,20-,21+/m0/s1. The van der Waals surface area contributed by atoms with Crippen LogP contribution in [0.25, 0.3) is 0 Å². The molecule has 0 aliphatic heterocycles. The van der Waals surface area contributed by atoms with Gasteiger partial charge >= 0.3 is 0 Å². The van der Waals surface area contributed by atoms with Gasteiger partial charge in [0.2, 0.25) is 0 Å². The molecular formula is C21H27BrFNOS. The second-order valence-corrected chi connectivity index (χ2v) is 9.41. The van der Waals surface area contributed by atoms with Gasteiger partial charge < -0.3 is 10.8 Å². The summed E-state index contributed by atoms with van der Waals surface area (Å²) in [5.41, 5.74) is 7.38. The summed E-state index contributed by atoms with van der Waals surface area (Å²) < 4.78 is 14.1. The number of aliphatic hydroxyl groups excluding tert-OH is 1. The summed E-state index contributed by atoms with van der Waals surface area (Å²) in [4.78, 5) is 1.02. The van der Waals surface area contributed by atoms with E-state index in [1.54, 1.807) is 23.9 Å². The molecule has 2 aromatic rings. The summed E-state index contributed by atoms with van der Waals surface area (Å²) >= 11 is 5.16. The van der Waals surface area contributed by atoms with E-state index in [0.29, 0.717) is 18.8 Å². The third-order valence-corrected chi connectivity index (χ3v) is 5.97. The molecule has 0 saturated heterocycles. The number of nitrogens with two attached hydrogens (primary N) is 1. The Hall–Kier alpha value is -0.880. The van der Waals surface area contributed by atoms with Crippen LogP contribution in [0.5, 0.6) is 0 Å². The van der Waals surface area contributed by atoms with Crippen molar-refractivity contribution in [2.45, 2.75) is 55.4 Å². The first kappa shape index (κ1) is 21.4. The Balaban J connectivity index is 1.97. The molecule has 0 saturated carbocycles. The van der Waals surface area contributed by atoms with Gasteiger partial charge in [-0.1, -0.05) is 41.9 Å². The molecule has 0 fully saturated rings. The van der Waals surface area contributed by atoms with Crippen LogP contribution in [0.2, 0.25) is 0 Å². The molecule has 0 bridgehead atoms. The van der Waals surface area contributed by atoms with Gasteiger partial charge in [0.25, 0.3) is 0 Å². The maximum atomic E-state index is 13.1. The second kappa shape index (κ2) is 10.5. The number of aliphatic hydroxyl groups is 1. The van der Waals surface area contributed by atoms with E-state index >= 15 is 0 Å². The van der Waals surface area contributed by atoms with Crippen LogP contribution in [0.4, 0.5) is 4.39 Å². The number of rotatable bonds is 9. The van der Waals surface area contributed by atoms with E-state index in [2.05, 4.69) is 29.8 Å². The highest BCUT2D eigenvalue weighted by molar-refractivity contribution is 9.10. The maximum absolute atomic E-state index is 13.1. The van der Waals surface area contributed by atoms with Gasteiger partial charge in [0.1, 0.15) is 5.82 Å². The van der Waals surface area contributed by atoms with Crippen LogP contribution in [-0.2, 0) is 6.42 Å². The van der Waals surface area contributed by atoms with Gasteiger partial charge in [0, 0.05) is 20.7 Å². The van der Waals surface area contributed by atoms with Gasteiger partial charge in [-0.3, -0.25) is 0 Å². The third kappa shape index (κ3) is 7.39. The lowest BCUT2D eigenvalue weighted by Gasteiger charge is -2.25. The van der Waals surface area contributed by atoms with E-state index in [4.69, 9.17) is 5.73 Å². The Kier molecular flexibility index (Phi) is 8.61. The van der Waals surface area contributed by atoms with Crippen molar-refractivity contribution in [2.24, 2.45) is 11.7 Å². The summed E-state index contributed by atoms with van der Waals surface area (Å²) in [5, 5.41) is 10.9. The monoisotopic (exact) mass is 439 g/mol. The zero-order valence-electron chi connectivity index (χ0n) is 15.2. The summed E-state index contributed by atoms with van der Waals surface area (Å²) in [6.45, 7) is 4.35. The lowest BCUT2D eigenvalue weighted by molar-refractivity contribution is 0.132. The molecule has 0 heterocycles. The Bertz CT molecular complexity index is 680. The molecule has 2 aromatic carbocycles. The molecular weight excluding hydrogens is 413 g/mol. The van der Waals surface area contributed by atoms with E-state index in [1.807, 2.05) is 24.3 Å². The summed E-state index contributed by atoms with van der Waals surface area (Å²) in [6, 6.07) is 14.2. The number of hydrogen-bond acceptors (Lipinski definition) is 3. The minimum Gasteiger partial charge on any atom is -0.391 e. The number of benzene rings is 2. The number of halogens is 2. The van der Waals surface area contributed by atoms with Crippen LogP contribution in [0.1, 0.15) is 32.3 Å². The highest BCUT2D eigenvalue weighted by Gasteiger charge is 2.22. The minimum absolute atomic E-state index is 0.231. The number of thioether (sulfide) groups is 1. The van der Waals surface area contributed by atoms with E-state index in [9.17, 15) is 9.50 Å². The molecule has 2 nitrogen and oxygen atoms in total. The molecule has 0 aliphatic rings. The molecule has 5 heteroatoms. The molecule has 0 aliphatic carbocycles. The van der Waals surface area contributed by atoms with Crippen molar-refractivity contribution in [3.63, 3.8) is 0 Å². The maximum Gasteiger partial charge on any atom is 0.123 e. The second-order valence-electron chi connectivity index (χ2n) is 7.12. The van der Waals surface area contributed by atoms with Crippen molar-refractivity contribution >= 4 is 27.7 Å². The van der Waals surface area contributed by atoms with E-state index < -0.39 is 6.10 Å². The Morgan fingerprint density at radius 3 is 2.42 bits per heavy atom. The van der Waals surface area contributed by atoms with Crippen LogP contribution in [0.15, 0.2) is 57.9 Å². The topological polar surface area (TPSA) is 46.2 Å². The van der Waals surface area contributed by atoms with Gasteiger partial charge in [0.15, 0.2) is 0 Å². The molecule has 0 aromatic heterocycles. The Labute approximate surface area is 168 Å². The predicted molar refractivity (Wildman–Crippen MR) is 112 cm³/mol. The van der Waals surface area contributed by atoms with Crippen LogP contribution in [0.3, 0.4) is 0 Å². The van der Waals surface area contributed by atoms with Crippen molar-refractivity contribution in [3.8, 4) is 0 Å². The van der Waals surface area contributed by atoms with Crippen molar-refractivity contribution in [3.05, 3.63) is 64.4 Å². The summed E-state index contributed by atoms with van der Waals surface area (Å²) in [6.07, 6.45) is 1.65. The highest BCUT2D eigenvalue weighted by atomic mass is 79.9. The fourth-order valence-corrected chi connectivity index (χ4v) is 4.84. The normalized spacial score (nSPS) is 15.0. The average Bonchev–Trinajstić information content (AvgIpc) is 2.56. The molecule has 0 unspecified atom stereocenters. The van der Waals surface area contributed by atoms with Gasteiger partial charge in [0.05, 0.1) is 6.10 Å². The zero-order valence-corrected chi connectivity index (χ0v) is 17.6. The third-order valence-electron chi connectivity index (χ3n) is 4.21. The van der Waals surface area contributed by atoms with Gasteiger partial charge in [-0.25, -0.2) is 4.39 Å². The van der Waals surface area contributed by atoms with E-state index in [0.717, 1.165) is 21.4 Å². The lowest BCUT2D eigenvalue weighted by atomic mass is 9.96. The lowest BCUT2D eigenvalue weighted by Crippen LogP contribution is -2.38. The Morgan fingerprint density at radius 1 is 1.12 bits per heavy atom. The van der Waals surface area contributed by atoms with Crippen molar-refractivity contribution in [2.75, 3.05) is 0 Å². The summed E-state index contributed by atoms with van der Waals surface area (Å²) in [5.74, 6) is 0.285. The van der Waals surface area contributed by atoms with Crippen molar-refractivity contribution < 1.29 is 9.50 Å². The molecule has 26 heavy (non-hydrogen) atoms. The fourth-order valence-electron chi connectivity index (χ4n) is 2.94. The largest absolute Gasteiger partial charge is 0.391 e. The summed E-state index contributed by atoms with van der Waals surface area (Å²) in [7, 11) is 0. The van der Waals surface area contributed by atoms with Crippen LogP contribution < -0.4 is 5.73 Å². The van der Waals surface area contributed by atoms with E-state index in [-0.39, 0.29) is 17.1 Å². The van der Waals surface area contributed by atoms with Crippen molar-refractivity contribution in [1.82, 2.24) is 0 Å². The van der Waals surface area contributed by atoms with Gasteiger partial charge in [-0.15, -0.1) is 11.8 Å². The molecule has 3 N–H and O–H groups in total. The SMILES string of the molecule is CC(C)C[C@@H](C[C@@H](O)[C@@H](N)Cc1cccc(Br)c1)Sc1ccc(F)cc1. The average molecular weight is 440 g/mol. The van der Waals surface area contributed by atoms with E-state index in [1.165, 1.54) is 12.1 Å². The molecule has 0 amide bonds. The quantitative estimate of drug-likeness (QED) is 0.512. The predicted octanol–water partition coefficient (Wildman–Crippen LogP) is 5.42. The minimum atomic E-state index is -0.578. The highest BCUT2D eigenvalue weighted by Crippen LogP contribution is 2.31. The van der Waals surface area contributed by atoms with Crippen LogP contribution >= 0.6 is 27.7 Å². The fraction of sp³-hybridized carbons (Fsp3) is 0.429. The molecule has 2 rings (SSSR count). The van der Waals surface area contributed by atoms with Crippen LogP contribution in [-0.4, -0.2) is 22.5 Å².